The standard InChI is InChI=1S/C14H20NO4P/c1-11(13(16)18-10-14(2,3)4)15-20(17)19-12-8-6-5-7-9-12/h5-9,11H,10H2,1-4H3/t11-/m0/s1. The molecular formula is C14H20NO4P. The summed E-state index contributed by atoms with van der Waals surface area (Å²) in [6.07, 6.45) is 0. The molecule has 1 aromatic rings. The van der Waals surface area contributed by atoms with Crippen molar-refractivity contribution in [1.29, 1.82) is 0 Å². The van der Waals surface area contributed by atoms with Gasteiger partial charge in [-0.1, -0.05) is 43.7 Å². The summed E-state index contributed by atoms with van der Waals surface area (Å²) in [5, 5.41) is 0. The average Bonchev–Trinajstić information content (AvgIpc) is 2.36. The predicted molar refractivity (Wildman–Crippen MR) is 76.3 cm³/mol. The minimum atomic E-state index is -2.29. The van der Waals surface area contributed by atoms with Crippen LogP contribution in [0.3, 0.4) is 0 Å². The van der Waals surface area contributed by atoms with Crippen LogP contribution in [0.1, 0.15) is 27.7 Å². The smallest absolute Gasteiger partial charge is 0.395 e. The first-order valence-electron chi connectivity index (χ1n) is 6.35. The van der Waals surface area contributed by atoms with Crippen molar-refractivity contribution < 1.29 is 18.9 Å². The number of nitrogens with zero attached hydrogens (tertiary/aromatic N) is 1. The third kappa shape index (κ3) is 6.64. The molecule has 5 nitrogen and oxygen atoms in total. The van der Waals surface area contributed by atoms with Crippen LogP contribution < -0.4 is 9.42 Å². The van der Waals surface area contributed by atoms with Crippen molar-refractivity contribution in [2.75, 3.05) is 6.61 Å². The van der Waals surface area contributed by atoms with Crippen LogP contribution in [-0.4, -0.2) is 18.6 Å². The lowest BCUT2D eigenvalue weighted by Gasteiger charge is -2.18. The Hall–Kier alpha value is -1.45. The van der Waals surface area contributed by atoms with E-state index in [0.29, 0.717) is 12.4 Å². The third-order valence-electron chi connectivity index (χ3n) is 2.18. The molecule has 0 N–H and O–H groups in total. The van der Waals surface area contributed by atoms with E-state index in [-0.39, 0.29) is 5.41 Å². The summed E-state index contributed by atoms with van der Waals surface area (Å²) in [6, 6.07) is 7.88. The number of esters is 1. The number of hydrogen-bond donors (Lipinski definition) is 0. The molecule has 20 heavy (non-hydrogen) atoms. The van der Waals surface area contributed by atoms with Gasteiger partial charge in [0, 0.05) is 0 Å². The Labute approximate surface area is 120 Å². The maximum absolute atomic E-state index is 11.7. The van der Waals surface area contributed by atoms with Gasteiger partial charge in [0.15, 0.2) is 11.8 Å². The van der Waals surface area contributed by atoms with Crippen molar-refractivity contribution in [2.45, 2.75) is 33.7 Å². The zero-order valence-electron chi connectivity index (χ0n) is 12.2. The lowest BCUT2D eigenvalue weighted by molar-refractivity contribution is -0.169. The molecule has 6 heteroatoms. The third-order valence-corrected chi connectivity index (χ3v) is 3.08. The molecule has 1 aromatic carbocycles. The van der Waals surface area contributed by atoms with E-state index in [2.05, 4.69) is 4.74 Å². The average molecular weight is 297 g/mol. The number of carbonyl (C=O) groups excluding carboxylic acids is 1. The first kappa shape index (κ1) is 16.6. The quantitative estimate of drug-likeness (QED) is 0.619. The van der Waals surface area contributed by atoms with Gasteiger partial charge in [0.2, 0.25) is 0 Å². The molecule has 0 heterocycles. The molecule has 0 saturated heterocycles. The van der Waals surface area contributed by atoms with Gasteiger partial charge < -0.3 is 9.63 Å². The number of ether oxygens (including phenoxy) is 1. The van der Waals surface area contributed by atoms with Crippen LogP contribution >= 0.6 is 8.17 Å². The van der Waals surface area contributed by atoms with Gasteiger partial charge in [-0.15, -0.1) is 0 Å². The molecule has 0 aromatic heterocycles. The van der Waals surface area contributed by atoms with Crippen LogP contribution in [0.15, 0.2) is 35.1 Å². The van der Waals surface area contributed by atoms with Gasteiger partial charge >= 0.3 is 14.1 Å². The lowest BCUT2D eigenvalue weighted by Crippen LogP contribution is -2.24. The second kappa shape index (κ2) is 7.36. The summed E-state index contributed by atoms with van der Waals surface area (Å²) in [4.78, 5) is 23.4. The molecule has 0 amide bonds. The van der Waals surface area contributed by atoms with Crippen molar-refractivity contribution in [1.82, 2.24) is 0 Å². The second-order valence-corrected chi connectivity index (χ2v) is 6.49. The highest BCUT2D eigenvalue weighted by Crippen LogP contribution is 2.24. The summed E-state index contributed by atoms with van der Waals surface area (Å²) in [5.41, 5.74) is -0.113. The van der Waals surface area contributed by atoms with E-state index in [4.69, 9.17) is 9.26 Å². The van der Waals surface area contributed by atoms with Crippen LogP contribution in [-0.2, 0) is 9.53 Å². The summed E-state index contributed by atoms with van der Waals surface area (Å²) in [5.74, 6) is -0.0486. The van der Waals surface area contributed by atoms with Crippen molar-refractivity contribution in [3.8, 4) is 5.75 Å². The van der Waals surface area contributed by atoms with Crippen LogP contribution in [0.25, 0.3) is 0 Å². The fraction of sp³-hybridized carbons (Fsp3) is 0.500. The van der Waals surface area contributed by atoms with Crippen molar-refractivity contribution >= 4 is 14.1 Å². The van der Waals surface area contributed by atoms with Gasteiger partial charge in [-0.2, -0.15) is 0 Å². The molecule has 0 aliphatic heterocycles. The summed E-state index contributed by atoms with van der Waals surface area (Å²) in [7, 11) is -2.29. The fourth-order valence-corrected chi connectivity index (χ4v) is 1.92. The highest BCUT2D eigenvalue weighted by atomic mass is 31.1. The number of carbonyl (C=O) groups is 1. The van der Waals surface area contributed by atoms with E-state index in [1.807, 2.05) is 26.8 Å². The molecule has 0 fully saturated rings. The topological polar surface area (TPSA) is 71.0 Å². The molecule has 1 rings (SSSR count). The summed E-state index contributed by atoms with van der Waals surface area (Å²) >= 11 is 0. The largest absolute Gasteiger partial charge is 0.575 e. The zero-order valence-corrected chi connectivity index (χ0v) is 13.1. The van der Waals surface area contributed by atoms with Crippen LogP contribution in [0.4, 0.5) is 0 Å². The van der Waals surface area contributed by atoms with Gasteiger partial charge in [0.25, 0.3) is 0 Å². The Morgan fingerprint density at radius 2 is 1.95 bits per heavy atom. The molecule has 0 aliphatic carbocycles. The highest BCUT2D eigenvalue weighted by Gasteiger charge is 2.21. The van der Waals surface area contributed by atoms with E-state index >= 15 is 0 Å². The Balaban J connectivity index is 2.52. The van der Waals surface area contributed by atoms with Gasteiger partial charge in [0.05, 0.1) is 6.61 Å². The van der Waals surface area contributed by atoms with E-state index in [1.165, 1.54) is 6.92 Å². The lowest BCUT2D eigenvalue weighted by atomic mass is 9.99. The van der Waals surface area contributed by atoms with Gasteiger partial charge in [-0.25, -0.2) is 4.79 Å². The Morgan fingerprint density at radius 1 is 1.35 bits per heavy atom. The number of para-hydroxylation sites is 1. The van der Waals surface area contributed by atoms with E-state index in [0.717, 1.165) is 0 Å². The maximum atomic E-state index is 11.7. The minimum Gasteiger partial charge on any atom is -0.575 e. The van der Waals surface area contributed by atoms with Gasteiger partial charge in [-0.3, -0.25) is 4.52 Å². The monoisotopic (exact) mass is 297 g/mol. The summed E-state index contributed by atoms with van der Waals surface area (Å²) in [6.45, 7) is 7.71. The molecule has 0 bridgehead atoms. The molecule has 0 aliphatic rings. The Bertz CT molecular complexity index is 468. The predicted octanol–water partition coefficient (Wildman–Crippen LogP) is 2.90. The molecule has 0 spiro atoms. The normalized spacial score (nSPS) is 13.8. The fourth-order valence-electron chi connectivity index (χ4n) is 1.19. The first-order chi connectivity index (χ1) is 9.28. The van der Waals surface area contributed by atoms with E-state index in [1.54, 1.807) is 24.3 Å². The van der Waals surface area contributed by atoms with Crippen molar-refractivity contribution in [3.05, 3.63) is 30.3 Å². The Kier molecular flexibility index (Phi) is 6.11. The molecule has 1 unspecified atom stereocenters. The minimum absolute atomic E-state index is 0.113. The number of hydrogen-bond acceptors (Lipinski definition) is 5. The van der Waals surface area contributed by atoms with Gasteiger partial charge in [-0.05, 0) is 24.5 Å². The maximum Gasteiger partial charge on any atom is 0.395 e. The molecule has 2 atom stereocenters. The highest BCUT2D eigenvalue weighted by molar-refractivity contribution is 7.34. The summed E-state index contributed by atoms with van der Waals surface area (Å²) < 4.78 is 14.0. The molecule has 0 saturated carbocycles. The molecule has 110 valence electrons. The van der Waals surface area contributed by atoms with Crippen molar-refractivity contribution in [2.24, 2.45) is 10.2 Å². The zero-order chi connectivity index (χ0) is 15.2. The van der Waals surface area contributed by atoms with E-state index < -0.39 is 20.2 Å². The van der Waals surface area contributed by atoms with Crippen molar-refractivity contribution in [3.63, 3.8) is 0 Å². The number of benzene rings is 1. The van der Waals surface area contributed by atoms with Gasteiger partial charge in [0.1, 0.15) is 0 Å². The number of rotatable bonds is 5. The van der Waals surface area contributed by atoms with Crippen LogP contribution in [0.2, 0.25) is 0 Å². The Morgan fingerprint density at radius 3 is 2.50 bits per heavy atom. The van der Waals surface area contributed by atoms with Crippen LogP contribution in [0.5, 0.6) is 5.75 Å². The molecule has 0 radical (unpaired) electrons. The first-order valence-corrected chi connectivity index (χ1v) is 7.48. The molecular weight excluding hydrogens is 277 g/mol. The second-order valence-electron chi connectivity index (χ2n) is 5.60. The van der Waals surface area contributed by atoms with Crippen LogP contribution in [0, 0.1) is 5.41 Å². The van der Waals surface area contributed by atoms with E-state index in [9.17, 15) is 9.69 Å². The SMILES string of the molecule is C[C@H](N=[P+]([O-])Oc1ccccc1)C(=O)OCC(C)(C)C.